The van der Waals surface area contributed by atoms with E-state index in [1.165, 1.54) is 0 Å². The van der Waals surface area contributed by atoms with E-state index >= 15 is 0 Å². The first kappa shape index (κ1) is 9.86. The van der Waals surface area contributed by atoms with Crippen LogP contribution < -0.4 is 0 Å². The van der Waals surface area contributed by atoms with Crippen LogP contribution in [0.25, 0.3) is 0 Å². The normalized spacial score (nSPS) is 30.0. The van der Waals surface area contributed by atoms with Crippen LogP contribution >= 0.6 is 0 Å². The summed E-state index contributed by atoms with van der Waals surface area (Å²) in [6.07, 6.45) is -1.61. The van der Waals surface area contributed by atoms with E-state index in [4.69, 9.17) is 4.74 Å². The Morgan fingerprint density at radius 1 is 1.42 bits per heavy atom. The molecule has 72 valence electrons. The average molecular weight is 180 g/mol. The zero-order chi connectivity index (χ0) is 8.97. The largest absolute Gasteiger partial charge is 0.390 e. The molecule has 0 amide bonds. The van der Waals surface area contributed by atoms with Crippen LogP contribution in [0.4, 0.5) is 8.78 Å². The number of hydrogen-bond donors (Lipinski definition) is 1. The summed E-state index contributed by atoms with van der Waals surface area (Å²) in [5, 5.41) is 9.24. The van der Waals surface area contributed by atoms with Gasteiger partial charge in [-0.25, -0.2) is 8.78 Å². The highest BCUT2D eigenvalue weighted by atomic mass is 19.3. The molecule has 1 aliphatic rings. The Morgan fingerprint density at radius 2 is 2.17 bits per heavy atom. The minimum absolute atomic E-state index is 0.0662. The molecule has 1 saturated heterocycles. The number of halogens is 2. The molecule has 2 nitrogen and oxygen atoms in total. The van der Waals surface area contributed by atoms with Gasteiger partial charge in [-0.1, -0.05) is 0 Å². The van der Waals surface area contributed by atoms with Gasteiger partial charge in [0.25, 0.3) is 0 Å². The maximum Gasteiger partial charge on any atom is 0.238 e. The number of aliphatic hydroxyl groups is 1. The molecule has 0 unspecified atom stereocenters. The van der Waals surface area contributed by atoms with Crippen molar-refractivity contribution in [1.29, 1.82) is 0 Å². The van der Waals surface area contributed by atoms with Crippen molar-refractivity contribution in [3.63, 3.8) is 0 Å². The molecule has 0 radical (unpaired) electrons. The van der Waals surface area contributed by atoms with E-state index in [-0.39, 0.29) is 12.3 Å². The molecule has 12 heavy (non-hydrogen) atoms. The van der Waals surface area contributed by atoms with Gasteiger partial charge in [-0.2, -0.15) is 0 Å². The minimum Gasteiger partial charge on any atom is -0.390 e. The maximum atomic E-state index is 11.7. The topological polar surface area (TPSA) is 29.5 Å². The van der Waals surface area contributed by atoms with Gasteiger partial charge in [0.1, 0.15) is 0 Å². The fourth-order valence-electron chi connectivity index (χ4n) is 1.40. The fourth-order valence-corrected chi connectivity index (χ4v) is 1.40. The first-order chi connectivity index (χ1) is 5.70. The Bertz CT molecular complexity index is 130. The van der Waals surface area contributed by atoms with E-state index < -0.39 is 12.5 Å². The summed E-state index contributed by atoms with van der Waals surface area (Å²) in [5.74, 6) is 0.0729. The van der Waals surface area contributed by atoms with Gasteiger partial charge in [0, 0.05) is 12.3 Å². The number of aliphatic hydroxyl groups excluding tert-OH is 1. The van der Waals surface area contributed by atoms with E-state index in [0.29, 0.717) is 26.1 Å². The molecule has 0 aromatic carbocycles. The molecule has 2 atom stereocenters. The van der Waals surface area contributed by atoms with E-state index in [9.17, 15) is 13.9 Å². The monoisotopic (exact) mass is 180 g/mol. The molecule has 0 aromatic rings. The number of alkyl halides is 2. The van der Waals surface area contributed by atoms with Crippen LogP contribution in [-0.2, 0) is 4.74 Å². The van der Waals surface area contributed by atoms with Gasteiger partial charge in [-0.05, 0) is 12.8 Å². The Balaban J connectivity index is 2.06. The Labute approximate surface area is 70.5 Å². The van der Waals surface area contributed by atoms with Crippen molar-refractivity contribution in [3.05, 3.63) is 0 Å². The Morgan fingerprint density at radius 3 is 2.67 bits per heavy atom. The summed E-state index contributed by atoms with van der Waals surface area (Å²) in [5.41, 5.74) is 0. The highest BCUT2D eigenvalue weighted by molar-refractivity contribution is 4.73. The number of rotatable bonds is 4. The third kappa shape index (κ3) is 3.03. The lowest BCUT2D eigenvalue weighted by Gasteiger charge is -2.10. The molecule has 0 bridgehead atoms. The van der Waals surface area contributed by atoms with Crippen molar-refractivity contribution < 1.29 is 18.6 Å². The zero-order valence-corrected chi connectivity index (χ0v) is 6.88. The van der Waals surface area contributed by atoms with E-state index in [2.05, 4.69) is 0 Å². The molecule has 1 fully saturated rings. The number of ether oxygens (including phenoxy) is 1. The lowest BCUT2D eigenvalue weighted by molar-refractivity contribution is 0.109. The van der Waals surface area contributed by atoms with Gasteiger partial charge in [0.15, 0.2) is 0 Å². The van der Waals surface area contributed by atoms with Crippen molar-refractivity contribution >= 4 is 0 Å². The van der Waals surface area contributed by atoms with Gasteiger partial charge < -0.3 is 9.84 Å². The molecule has 0 spiro atoms. The molecule has 1 rings (SSSR count). The number of hydrogen-bond acceptors (Lipinski definition) is 2. The van der Waals surface area contributed by atoms with Crippen molar-refractivity contribution in [2.75, 3.05) is 13.2 Å². The summed E-state index contributed by atoms with van der Waals surface area (Å²) in [4.78, 5) is 0. The molecule has 0 aromatic heterocycles. The highest BCUT2D eigenvalue weighted by Gasteiger charge is 2.25. The quantitative estimate of drug-likeness (QED) is 0.709. The minimum atomic E-state index is -2.22. The summed E-state index contributed by atoms with van der Waals surface area (Å²) < 4.78 is 28.4. The fraction of sp³-hybridized carbons (Fsp3) is 1.00. The van der Waals surface area contributed by atoms with E-state index in [1.807, 2.05) is 0 Å². The van der Waals surface area contributed by atoms with Crippen LogP contribution in [0.1, 0.15) is 19.3 Å². The third-order valence-electron chi connectivity index (χ3n) is 2.16. The summed E-state index contributed by atoms with van der Waals surface area (Å²) in [6, 6.07) is 0. The first-order valence-electron chi connectivity index (χ1n) is 4.24. The lowest BCUT2D eigenvalue weighted by atomic mass is 9.99. The van der Waals surface area contributed by atoms with Crippen LogP contribution in [0.3, 0.4) is 0 Å². The van der Waals surface area contributed by atoms with E-state index in [0.717, 1.165) is 0 Å². The van der Waals surface area contributed by atoms with Gasteiger partial charge in [0.05, 0.1) is 19.3 Å². The molecule has 1 aliphatic heterocycles. The van der Waals surface area contributed by atoms with Crippen molar-refractivity contribution in [2.24, 2.45) is 5.92 Å². The second-order valence-corrected chi connectivity index (χ2v) is 3.19. The molecular formula is C8H14F2O2. The molecule has 1 N–H and O–H groups in total. The molecule has 0 aliphatic carbocycles. The maximum absolute atomic E-state index is 11.7. The standard InChI is InChI=1S/C8H14F2O2/c9-8(10)3-1-2-6-4-12-5-7(6)11/h6-8,11H,1-5H2/t6-,7-/m1/s1. The van der Waals surface area contributed by atoms with E-state index in [1.54, 1.807) is 0 Å². The molecule has 4 heteroatoms. The summed E-state index contributed by atoms with van der Waals surface area (Å²) >= 11 is 0. The smallest absolute Gasteiger partial charge is 0.238 e. The van der Waals surface area contributed by atoms with Crippen LogP contribution in [0.15, 0.2) is 0 Å². The Hall–Kier alpha value is -0.220. The van der Waals surface area contributed by atoms with Crippen LogP contribution in [0.5, 0.6) is 0 Å². The molecule has 0 saturated carbocycles. The summed E-state index contributed by atoms with van der Waals surface area (Å²) in [6.45, 7) is 0.879. The second-order valence-electron chi connectivity index (χ2n) is 3.19. The third-order valence-corrected chi connectivity index (χ3v) is 2.16. The van der Waals surface area contributed by atoms with Crippen molar-refractivity contribution in [2.45, 2.75) is 31.8 Å². The van der Waals surface area contributed by atoms with Gasteiger partial charge in [0.2, 0.25) is 6.43 Å². The van der Waals surface area contributed by atoms with Crippen molar-refractivity contribution in [3.8, 4) is 0 Å². The average Bonchev–Trinajstić information content (AvgIpc) is 2.36. The molecular weight excluding hydrogens is 166 g/mol. The highest BCUT2D eigenvalue weighted by Crippen LogP contribution is 2.20. The lowest BCUT2D eigenvalue weighted by Crippen LogP contribution is -2.17. The van der Waals surface area contributed by atoms with Gasteiger partial charge >= 0.3 is 0 Å². The van der Waals surface area contributed by atoms with Crippen LogP contribution in [0.2, 0.25) is 0 Å². The predicted molar refractivity (Wildman–Crippen MR) is 40.2 cm³/mol. The van der Waals surface area contributed by atoms with Gasteiger partial charge in [-0.3, -0.25) is 0 Å². The zero-order valence-electron chi connectivity index (χ0n) is 6.88. The first-order valence-corrected chi connectivity index (χ1v) is 4.24. The van der Waals surface area contributed by atoms with Crippen LogP contribution in [0, 0.1) is 5.92 Å². The predicted octanol–water partition coefficient (Wildman–Crippen LogP) is 1.43. The van der Waals surface area contributed by atoms with Crippen molar-refractivity contribution in [1.82, 2.24) is 0 Å². The second kappa shape index (κ2) is 4.72. The van der Waals surface area contributed by atoms with Gasteiger partial charge in [-0.15, -0.1) is 0 Å². The SMILES string of the molecule is O[C@@H]1COC[C@H]1CCCC(F)F. The Kier molecular flexibility index (Phi) is 3.88. The van der Waals surface area contributed by atoms with Crippen LogP contribution in [-0.4, -0.2) is 30.8 Å². The summed E-state index contributed by atoms with van der Waals surface area (Å²) in [7, 11) is 0. The molecule has 1 heterocycles.